The van der Waals surface area contributed by atoms with Gasteiger partial charge >= 0.3 is 0 Å². The van der Waals surface area contributed by atoms with Crippen molar-refractivity contribution in [1.29, 1.82) is 0 Å². The van der Waals surface area contributed by atoms with Crippen molar-refractivity contribution in [1.82, 2.24) is 9.88 Å². The molecule has 0 radical (unpaired) electrons. The summed E-state index contributed by atoms with van der Waals surface area (Å²) in [5.74, 6) is 0.135. The number of halogens is 1. The quantitative estimate of drug-likeness (QED) is 0.758. The normalized spacial score (nSPS) is 11.7. The van der Waals surface area contributed by atoms with Gasteiger partial charge in [0.25, 0.3) is 0 Å². The molecular weight excluding hydrogens is 334 g/mol. The number of amides is 2. The summed E-state index contributed by atoms with van der Waals surface area (Å²) in [7, 11) is 0. The van der Waals surface area contributed by atoms with Crippen LogP contribution in [0.15, 0.2) is 0 Å². The van der Waals surface area contributed by atoms with Crippen LogP contribution >= 0.6 is 22.9 Å². The van der Waals surface area contributed by atoms with E-state index in [-0.39, 0.29) is 30.2 Å². The lowest BCUT2D eigenvalue weighted by Crippen LogP contribution is -2.47. The maximum atomic E-state index is 12.6. The first-order valence-corrected chi connectivity index (χ1v) is 9.01. The smallest absolute Gasteiger partial charge is 0.245 e. The van der Waals surface area contributed by atoms with Crippen LogP contribution in [0, 0.1) is 25.2 Å². The molecule has 0 aliphatic rings. The molecule has 1 heterocycles. The molecule has 1 N–H and O–H groups in total. The molecule has 1 rings (SSSR count). The van der Waals surface area contributed by atoms with Gasteiger partial charge < -0.3 is 10.2 Å². The zero-order valence-corrected chi connectivity index (χ0v) is 16.3. The van der Waals surface area contributed by atoms with Crippen LogP contribution in [0.3, 0.4) is 0 Å². The first-order chi connectivity index (χ1) is 10.6. The Labute approximate surface area is 147 Å². The Morgan fingerprint density at radius 3 is 2.39 bits per heavy atom. The lowest BCUT2D eigenvalue weighted by atomic mass is 9.94. The zero-order valence-electron chi connectivity index (χ0n) is 14.7. The van der Waals surface area contributed by atoms with Crippen molar-refractivity contribution < 1.29 is 9.59 Å². The Morgan fingerprint density at radius 1 is 1.35 bits per heavy atom. The van der Waals surface area contributed by atoms with Gasteiger partial charge in [0.05, 0.1) is 17.7 Å². The molecule has 0 aliphatic heterocycles. The van der Waals surface area contributed by atoms with Crippen LogP contribution in [0.5, 0.6) is 0 Å². The lowest BCUT2D eigenvalue weighted by molar-refractivity contribution is -0.142. The average molecular weight is 360 g/mol. The fraction of sp³-hybridized carbons (Fsp3) is 0.688. The number of nitrogens with one attached hydrogen (secondary N) is 1. The van der Waals surface area contributed by atoms with Crippen molar-refractivity contribution >= 4 is 39.9 Å². The van der Waals surface area contributed by atoms with Crippen LogP contribution in [0.2, 0.25) is 0 Å². The number of thiazole rings is 1. The molecule has 0 aliphatic carbocycles. The van der Waals surface area contributed by atoms with Gasteiger partial charge in [-0.1, -0.05) is 13.8 Å². The minimum atomic E-state index is -0.689. The van der Waals surface area contributed by atoms with E-state index >= 15 is 0 Å². The third-order valence-electron chi connectivity index (χ3n) is 3.40. The van der Waals surface area contributed by atoms with Crippen LogP contribution in [-0.2, 0) is 9.59 Å². The van der Waals surface area contributed by atoms with E-state index in [0.29, 0.717) is 11.7 Å². The SMILES string of the molecule is Cc1nc(NC(=O)CN(CC(C)C)C(=O)C(C)(C)CCl)sc1C. The monoisotopic (exact) mass is 359 g/mol. The summed E-state index contributed by atoms with van der Waals surface area (Å²) in [5.41, 5.74) is 0.217. The molecule has 0 saturated heterocycles. The second-order valence-corrected chi connectivity index (χ2v) is 8.28. The number of carbonyl (C=O) groups is 2. The van der Waals surface area contributed by atoms with E-state index in [0.717, 1.165) is 10.6 Å². The number of nitrogens with zero attached hydrogens (tertiary/aromatic N) is 2. The van der Waals surface area contributed by atoms with E-state index in [9.17, 15) is 9.59 Å². The molecule has 0 aromatic carbocycles. The summed E-state index contributed by atoms with van der Waals surface area (Å²) in [6.45, 7) is 12.0. The summed E-state index contributed by atoms with van der Waals surface area (Å²) in [4.78, 5) is 31.8. The van der Waals surface area contributed by atoms with Crippen molar-refractivity contribution in [3.05, 3.63) is 10.6 Å². The third-order valence-corrected chi connectivity index (χ3v) is 5.05. The highest BCUT2D eigenvalue weighted by atomic mass is 35.5. The molecule has 1 aromatic heterocycles. The topological polar surface area (TPSA) is 62.3 Å². The predicted molar refractivity (Wildman–Crippen MR) is 96.1 cm³/mol. The lowest BCUT2D eigenvalue weighted by Gasteiger charge is -2.31. The highest BCUT2D eigenvalue weighted by Crippen LogP contribution is 2.23. The second kappa shape index (κ2) is 8.11. The molecule has 7 heteroatoms. The number of aromatic nitrogens is 1. The van der Waals surface area contributed by atoms with E-state index < -0.39 is 5.41 Å². The van der Waals surface area contributed by atoms with Crippen LogP contribution < -0.4 is 5.32 Å². The van der Waals surface area contributed by atoms with Crippen molar-refractivity contribution in [2.45, 2.75) is 41.5 Å². The molecular formula is C16H26ClN3O2S. The van der Waals surface area contributed by atoms with E-state index in [4.69, 9.17) is 11.6 Å². The summed E-state index contributed by atoms with van der Waals surface area (Å²) in [6.07, 6.45) is 0. The van der Waals surface area contributed by atoms with Crippen LogP contribution in [0.1, 0.15) is 38.3 Å². The molecule has 2 amide bonds. The third kappa shape index (κ3) is 5.77. The Kier molecular flexibility index (Phi) is 7.02. The first-order valence-electron chi connectivity index (χ1n) is 7.66. The van der Waals surface area contributed by atoms with Gasteiger partial charge in [0.15, 0.2) is 5.13 Å². The second-order valence-electron chi connectivity index (χ2n) is 6.81. The molecule has 0 fully saturated rings. The summed E-state index contributed by atoms with van der Waals surface area (Å²) in [6, 6.07) is 0. The van der Waals surface area contributed by atoms with Gasteiger partial charge in [0.1, 0.15) is 0 Å². The van der Waals surface area contributed by atoms with Gasteiger partial charge in [-0.2, -0.15) is 0 Å². The number of hydrogen-bond acceptors (Lipinski definition) is 4. The fourth-order valence-electron chi connectivity index (χ4n) is 2.00. The number of aryl methyl sites for hydroxylation is 2. The van der Waals surface area contributed by atoms with Crippen molar-refractivity contribution in [3.63, 3.8) is 0 Å². The molecule has 0 spiro atoms. The number of carbonyl (C=O) groups excluding carboxylic acids is 2. The maximum Gasteiger partial charge on any atom is 0.245 e. The van der Waals surface area contributed by atoms with Gasteiger partial charge in [-0.25, -0.2) is 4.98 Å². The molecule has 0 unspecified atom stereocenters. The van der Waals surface area contributed by atoms with E-state index in [1.54, 1.807) is 18.7 Å². The maximum absolute atomic E-state index is 12.6. The highest BCUT2D eigenvalue weighted by Gasteiger charge is 2.32. The number of anilines is 1. The molecule has 130 valence electrons. The van der Waals surface area contributed by atoms with E-state index in [1.165, 1.54) is 11.3 Å². The fourth-order valence-corrected chi connectivity index (χ4v) is 2.95. The minimum absolute atomic E-state index is 0.00894. The van der Waals surface area contributed by atoms with Crippen molar-refractivity contribution in [2.75, 3.05) is 24.3 Å². The van der Waals surface area contributed by atoms with Crippen molar-refractivity contribution in [2.24, 2.45) is 11.3 Å². The summed E-state index contributed by atoms with van der Waals surface area (Å²) >= 11 is 7.33. The largest absolute Gasteiger partial charge is 0.333 e. The standard InChI is InChI=1S/C16H26ClN3O2S/c1-10(2)7-20(14(22)16(5,6)9-17)8-13(21)19-15-18-11(3)12(4)23-15/h10H,7-9H2,1-6H3,(H,18,19,21). The molecule has 0 saturated carbocycles. The summed E-state index contributed by atoms with van der Waals surface area (Å²) in [5, 5.41) is 3.34. The Balaban J connectivity index is 2.80. The van der Waals surface area contributed by atoms with E-state index in [2.05, 4.69) is 10.3 Å². The number of alkyl halides is 1. The van der Waals surface area contributed by atoms with Gasteiger partial charge in [-0.15, -0.1) is 22.9 Å². The molecule has 23 heavy (non-hydrogen) atoms. The average Bonchev–Trinajstić information content (AvgIpc) is 2.74. The number of hydrogen-bond donors (Lipinski definition) is 1. The number of rotatable bonds is 7. The van der Waals surface area contributed by atoms with Gasteiger partial charge in [-0.05, 0) is 33.6 Å². The molecule has 5 nitrogen and oxygen atoms in total. The molecule has 0 atom stereocenters. The predicted octanol–water partition coefficient (Wildman–Crippen LogP) is 3.45. The highest BCUT2D eigenvalue weighted by molar-refractivity contribution is 7.15. The van der Waals surface area contributed by atoms with Gasteiger partial charge in [0.2, 0.25) is 11.8 Å². The van der Waals surface area contributed by atoms with Gasteiger partial charge in [0, 0.05) is 17.3 Å². The Hall–Kier alpha value is -1.14. The van der Waals surface area contributed by atoms with Crippen LogP contribution in [-0.4, -0.2) is 40.7 Å². The van der Waals surface area contributed by atoms with Gasteiger partial charge in [-0.3, -0.25) is 9.59 Å². The zero-order chi connectivity index (χ0) is 17.8. The molecule has 1 aromatic rings. The van der Waals surface area contributed by atoms with E-state index in [1.807, 2.05) is 27.7 Å². The first kappa shape index (κ1) is 19.9. The van der Waals surface area contributed by atoms with Crippen LogP contribution in [0.25, 0.3) is 0 Å². The minimum Gasteiger partial charge on any atom is -0.333 e. The molecule has 0 bridgehead atoms. The van der Waals surface area contributed by atoms with Crippen LogP contribution in [0.4, 0.5) is 5.13 Å². The Bertz CT molecular complexity index is 550. The summed E-state index contributed by atoms with van der Waals surface area (Å²) < 4.78 is 0. The Morgan fingerprint density at radius 2 is 1.96 bits per heavy atom. The van der Waals surface area contributed by atoms with Crippen molar-refractivity contribution in [3.8, 4) is 0 Å².